The van der Waals surface area contributed by atoms with Crippen molar-refractivity contribution in [3.63, 3.8) is 0 Å². The number of aryl methyl sites for hydroxylation is 2. The molecule has 0 unspecified atom stereocenters. The molecule has 1 aromatic carbocycles. The molecule has 0 atom stereocenters. The van der Waals surface area contributed by atoms with Crippen LogP contribution in [0.25, 0.3) is 0 Å². The van der Waals surface area contributed by atoms with E-state index in [0.717, 1.165) is 37.1 Å². The molecule has 1 amide bonds. The summed E-state index contributed by atoms with van der Waals surface area (Å²) < 4.78 is 13.6. The SMILES string of the molecule is Cc1ccc(C(=O)NC[C@H]2CC[C@@H](Nc3ncc(C)c(N(C)C)n3)CC2)cc1F. The van der Waals surface area contributed by atoms with Crippen molar-refractivity contribution in [2.75, 3.05) is 30.9 Å². The van der Waals surface area contributed by atoms with Gasteiger partial charge in [0, 0.05) is 44.0 Å². The van der Waals surface area contributed by atoms with E-state index in [-0.39, 0.29) is 11.7 Å². The minimum absolute atomic E-state index is 0.214. The first kappa shape index (κ1) is 21.0. The molecule has 0 saturated heterocycles. The number of aromatic nitrogens is 2. The molecule has 1 heterocycles. The normalized spacial score (nSPS) is 18.9. The van der Waals surface area contributed by atoms with E-state index >= 15 is 0 Å². The summed E-state index contributed by atoms with van der Waals surface area (Å²) in [6.45, 7) is 4.31. The molecule has 2 N–H and O–H groups in total. The van der Waals surface area contributed by atoms with Gasteiger partial charge in [-0.05, 0) is 63.1 Å². The Kier molecular flexibility index (Phi) is 6.67. The van der Waals surface area contributed by atoms with E-state index in [1.165, 1.54) is 6.07 Å². The maximum Gasteiger partial charge on any atom is 0.251 e. The molecule has 3 rings (SSSR count). The summed E-state index contributed by atoms with van der Waals surface area (Å²) in [5.74, 6) is 1.46. The molecule has 7 heteroatoms. The first-order chi connectivity index (χ1) is 13.8. The van der Waals surface area contributed by atoms with Gasteiger partial charge in [0.15, 0.2) is 0 Å². The summed E-state index contributed by atoms with van der Waals surface area (Å²) in [5.41, 5.74) is 1.97. The monoisotopic (exact) mass is 399 g/mol. The molecular weight excluding hydrogens is 369 g/mol. The van der Waals surface area contributed by atoms with Gasteiger partial charge in [0.05, 0.1) is 0 Å². The molecule has 1 aromatic heterocycles. The maximum atomic E-state index is 13.6. The van der Waals surface area contributed by atoms with E-state index < -0.39 is 0 Å². The van der Waals surface area contributed by atoms with Gasteiger partial charge < -0.3 is 15.5 Å². The molecule has 0 spiro atoms. The van der Waals surface area contributed by atoms with Crippen LogP contribution in [0.2, 0.25) is 0 Å². The van der Waals surface area contributed by atoms with Gasteiger partial charge in [-0.15, -0.1) is 0 Å². The zero-order chi connectivity index (χ0) is 21.0. The van der Waals surface area contributed by atoms with E-state index in [2.05, 4.69) is 20.6 Å². The number of carbonyl (C=O) groups excluding carboxylic acids is 1. The summed E-state index contributed by atoms with van der Waals surface area (Å²) in [6.07, 6.45) is 5.90. The van der Waals surface area contributed by atoms with Crippen LogP contribution in [0.4, 0.5) is 16.2 Å². The minimum Gasteiger partial charge on any atom is -0.362 e. The molecule has 0 aliphatic heterocycles. The van der Waals surface area contributed by atoms with Crippen molar-refractivity contribution in [3.8, 4) is 0 Å². The van der Waals surface area contributed by atoms with Crippen molar-refractivity contribution >= 4 is 17.7 Å². The van der Waals surface area contributed by atoms with Crippen LogP contribution >= 0.6 is 0 Å². The summed E-state index contributed by atoms with van der Waals surface area (Å²) >= 11 is 0. The van der Waals surface area contributed by atoms with Gasteiger partial charge in [0.2, 0.25) is 5.95 Å². The zero-order valence-corrected chi connectivity index (χ0v) is 17.6. The van der Waals surface area contributed by atoms with Gasteiger partial charge in [-0.1, -0.05) is 6.07 Å². The Balaban J connectivity index is 1.46. The molecule has 2 aromatic rings. The number of halogens is 1. The van der Waals surface area contributed by atoms with Crippen LogP contribution in [0, 0.1) is 25.6 Å². The third kappa shape index (κ3) is 5.43. The van der Waals surface area contributed by atoms with Crippen LogP contribution in [0.5, 0.6) is 0 Å². The topological polar surface area (TPSA) is 70.2 Å². The number of carbonyl (C=O) groups is 1. The molecule has 156 valence electrons. The van der Waals surface area contributed by atoms with Crippen molar-refractivity contribution in [1.29, 1.82) is 0 Å². The van der Waals surface area contributed by atoms with Crippen molar-refractivity contribution in [2.45, 2.75) is 45.6 Å². The summed E-state index contributed by atoms with van der Waals surface area (Å²) in [7, 11) is 3.95. The molecule has 1 aliphatic carbocycles. The van der Waals surface area contributed by atoms with Crippen molar-refractivity contribution < 1.29 is 9.18 Å². The van der Waals surface area contributed by atoms with Gasteiger partial charge in [-0.25, -0.2) is 9.37 Å². The summed E-state index contributed by atoms with van der Waals surface area (Å²) in [6, 6.07) is 4.94. The average Bonchev–Trinajstić information content (AvgIpc) is 2.70. The van der Waals surface area contributed by atoms with Gasteiger partial charge in [-0.3, -0.25) is 4.79 Å². The second-order valence-electron chi connectivity index (χ2n) is 8.13. The van der Waals surface area contributed by atoms with Crippen LogP contribution in [0.1, 0.15) is 47.2 Å². The van der Waals surface area contributed by atoms with Crippen molar-refractivity contribution in [1.82, 2.24) is 15.3 Å². The predicted molar refractivity (Wildman–Crippen MR) is 114 cm³/mol. The molecule has 1 aliphatic rings. The number of nitrogens with zero attached hydrogens (tertiary/aromatic N) is 3. The number of hydrogen-bond acceptors (Lipinski definition) is 5. The van der Waals surface area contributed by atoms with Gasteiger partial charge in [-0.2, -0.15) is 4.98 Å². The highest BCUT2D eigenvalue weighted by Crippen LogP contribution is 2.26. The Morgan fingerprint density at radius 2 is 1.90 bits per heavy atom. The standard InChI is InChI=1S/C22H30FN5O/c1-14-5-8-17(11-19(14)23)21(29)24-13-16-6-9-18(10-7-16)26-22-25-12-15(2)20(27-22)28(3)4/h5,8,11-12,16,18H,6-7,9-10,13H2,1-4H3,(H,24,29)(H,25,26,27)/t16-,18+. The van der Waals surface area contributed by atoms with Crippen LogP contribution in [0.15, 0.2) is 24.4 Å². The van der Waals surface area contributed by atoms with Gasteiger partial charge in [0.1, 0.15) is 11.6 Å². The molecule has 0 radical (unpaired) electrons. The number of amides is 1. The highest BCUT2D eigenvalue weighted by Gasteiger charge is 2.22. The lowest BCUT2D eigenvalue weighted by Crippen LogP contribution is -2.34. The first-order valence-electron chi connectivity index (χ1n) is 10.2. The Bertz CT molecular complexity index is 862. The lowest BCUT2D eigenvalue weighted by atomic mass is 9.86. The average molecular weight is 400 g/mol. The molecule has 6 nitrogen and oxygen atoms in total. The minimum atomic E-state index is -0.347. The van der Waals surface area contributed by atoms with E-state index in [9.17, 15) is 9.18 Å². The fourth-order valence-electron chi connectivity index (χ4n) is 3.72. The lowest BCUT2D eigenvalue weighted by molar-refractivity contribution is 0.0943. The van der Waals surface area contributed by atoms with E-state index in [1.807, 2.05) is 32.1 Å². The zero-order valence-electron chi connectivity index (χ0n) is 17.6. The quantitative estimate of drug-likeness (QED) is 0.775. The predicted octanol–water partition coefficient (Wildman–Crippen LogP) is 3.70. The van der Waals surface area contributed by atoms with Gasteiger partial charge in [0.25, 0.3) is 5.91 Å². The third-order valence-corrected chi connectivity index (χ3v) is 5.53. The molecule has 1 saturated carbocycles. The largest absolute Gasteiger partial charge is 0.362 e. The number of benzene rings is 1. The third-order valence-electron chi connectivity index (χ3n) is 5.53. The number of anilines is 2. The smallest absolute Gasteiger partial charge is 0.251 e. The number of nitrogens with one attached hydrogen (secondary N) is 2. The fourth-order valence-corrected chi connectivity index (χ4v) is 3.72. The maximum absolute atomic E-state index is 13.6. The molecule has 1 fully saturated rings. The van der Waals surface area contributed by atoms with Crippen LogP contribution in [0.3, 0.4) is 0 Å². The highest BCUT2D eigenvalue weighted by molar-refractivity contribution is 5.94. The Morgan fingerprint density at radius 1 is 1.17 bits per heavy atom. The van der Waals surface area contributed by atoms with Crippen molar-refractivity contribution in [2.24, 2.45) is 5.92 Å². The summed E-state index contributed by atoms with van der Waals surface area (Å²) in [4.78, 5) is 23.3. The van der Waals surface area contributed by atoms with Crippen molar-refractivity contribution in [3.05, 3.63) is 46.9 Å². The Hall–Kier alpha value is -2.70. The van der Waals surface area contributed by atoms with Crippen LogP contribution < -0.4 is 15.5 Å². The number of hydrogen-bond donors (Lipinski definition) is 2. The number of rotatable bonds is 6. The van der Waals surface area contributed by atoms with E-state index in [0.29, 0.717) is 35.6 Å². The van der Waals surface area contributed by atoms with E-state index in [1.54, 1.807) is 19.1 Å². The highest BCUT2D eigenvalue weighted by atomic mass is 19.1. The molecule has 0 bridgehead atoms. The second kappa shape index (κ2) is 9.20. The Morgan fingerprint density at radius 3 is 2.55 bits per heavy atom. The second-order valence-corrected chi connectivity index (χ2v) is 8.13. The first-order valence-corrected chi connectivity index (χ1v) is 10.2. The fraction of sp³-hybridized carbons (Fsp3) is 0.500. The lowest BCUT2D eigenvalue weighted by Gasteiger charge is -2.29. The Labute approximate surface area is 171 Å². The van der Waals surface area contributed by atoms with Crippen LogP contribution in [-0.4, -0.2) is 42.6 Å². The van der Waals surface area contributed by atoms with Crippen LogP contribution in [-0.2, 0) is 0 Å². The van der Waals surface area contributed by atoms with E-state index in [4.69, 9.17) is 0 Å². The molecular formula is C22H30FN5O. The van der Waals surface area contributed by atoms with Gasteiger partial charge >= 0.3 is 0 Å². The molecule has 29 heavy (non-hydrogen) atoms. The summed E-state index contributed by atoms with van der Waals surface area (Å²) in [5, 5.41) is 6.40.